The van der Waals surface area contributed by atoms with Gasteiger partial charge in [0.05, 0.1) is 0 Å². The maximum absolute atomic E-state index is 2.57. The van der Waals surface area contributed by atoms with Crippen molar-refractivity contribution in [2.75, 3.05) is 0 Å². The van der Waals surface area contributed by atoms with E-state index in [1.54, 1.807) is 5.57 Å². The first kappa shape index (κ1) is 9.93. The molecule has 0 saturated heterocycles. The predicted molar refractivity (Wildman–Crippen MR) is 64.6 cm³/mol. The second kappa shape index (κ2) is 2.70. The molecule has 0 amide bonds. The highest BCUT2D eigenvalue weighted by atomic mass is 14.7. The highest BCUT2D eigenvalue weighted by Crippen LogP contribution is 2.71. The molecule has 1 spiro atoms. The summed E-state index contributed by atoms with van der Waals surface area (Å²) in [7, 11) is 0. The van der Waals surface area contributed by atoms with E-state index in [0.29, 0.717) is 10.8 Å². The third-order valence-electron chi connectivity index (χ3n) is 6.30. The average molecular weight is 204 g/mol. The molecule has 0 aromatic heterocycles. The first-order valence-corrected chi connectivity index (χ1v) is 6.65. The topological polar surface area (TPSA) is 0 Å². The van der Waals surface area contributed by atoms with Crippen LogP contribution >= 0.6 is 0 Å². The quantitative estimate of drug-likeness (QED) is 0.513. The highest BCUT2D eigenvalue weighted by Gasteiger charge is 2.62. The molecule has 0 unspecified atom stereocenters. The van der Waals surface area contributed by atoms with Crippen LogP contribution in [0.15, 0.2) is 11.6 Å². The summed E-state index contributed by atoms with van der Waals surface area (Å²) in [5.41, 5.74) is 2.96. The summed E-state index contributed by atoms with van der Waals surface area (Å²) in [5.74, 6) is 2.86. The molecule has 0 radical (unpaired) electrons. The lowest BCUT2D eigenvalue weighted by molar-refractivity contribution is 0.128. The van der Waals surface area contributed by atoms with Crippen LogP contribution in [-0.4, -0.2) is 0 Å². The van der Waals surface area contributed by atoms with Crippen molar-refractivity contribution in [2.45, 2.75) is 53.4 Å². The highest BCUT2D eigenvalue weighted by molar-refractivity contribution is 5.25. The summed E-state index contributed by atoms with van der Waals surface area (Å²) in [6, 6.07) is 0. The van der Waals surface area contributed by atoms with E-state index < -0.39 is 0 Å². The largest absolute Gasteiger partial charge is 0.0847 e. The van der Waals surface area contributed by atoms with Gasteiger partial charge in [0.2, 0.25) is 0 Å². The van der Waals surface area contributed by atoms with Crippen LogP contribution in [0.2, 0.25) is 0 Å². The lowest BCUT2D eigenvalue weighted by Crippen LogP contribution is -2.30. The second-order valence-electron chi connectivity index (χ2n) is 6.99. The van der Waals surface area contributed by atoms with Crippen LogP contribution in [-0.2, 0) is 0 Å². The molecule has 84 valence electrons. The maximum Gasteiger partial charge on any atom is -0.0146 e. The zero-order valence-corrected chi connectivity index (χ0v) is 10.6. The van der Waals surface area contributed by atoms with E-state index in [0.717, 1.165) is 17.8 Å². The van der Waals surface area contributed by atoms with E-state index in [2.05, 4.69) is 33.8 Å². The molecule has 4 atom stereocenters. The fourth-order valence-electron chi connectivity index (χ4n) is 5.35. The van der Waals surface area contributed by atoms with Crippen molar-refractivity contribution >= 4 is 0 Å². The van der Waals surface area contributed by atoms with Crippen molar-refractivity contribution in [1.82, 2.24) is 0 Å². The molecule has 2 fully saturated rings. The molecule has 0 heterocycles. The minimum Gasteiger partial charge on any atom is -0.0847 e. The Balaban J connectivity index is 2.11. The van der Waals surface area contributed by atoms with E-state index in [9.17, 15) is 0 Å². The lowest BCUT2D eigenvalue weighted by atomic mass is 9.68. The molecule has 0 aromatic carbocycles. The summed E-state index contributed by atoms with van der Waals surface area (Å²) in [6.07, 6.45) is 8.41. The van der Waals surface area contributed by atoms with Crippen molar-refractivity contribution in [3.8, 4) is 0 Å². The van der Waals surface area contributed by atoms with Gasteiger partial charge in [0.15, 0.2) is 0 Å². The van der Waals surface area contributed by atoms with Gasteiger partial charge in [0, 0.05) is 0 Å². The van der Waals surface area contributed by atoms with Crippen LogP contribution in [0, 0.1) is 28.6 Å². The van der Waals surface area contributed by atoms with Crippen molar-refractivity contribution < 1.29 is 0 Å². The minimum atomic E-state index is 0.571. The molecule has 0 aromatic rings. The Morgan fingerprint density at radius 2 is 2.00 bits per heavy atom. The molecule has 3 aliphatic rings. The molecule has 2 bridgehead atoms. The molecule has 0 aliphatic heterocycles. The van der Waals surface area contributed by atoms with Crippen LogP contribution in [0.1, 0.15) is 53.4 Å². The zero-order chi connectivity index (χ0) is 10.8. The Morgan fingerprint density at radius 1 is 1.27 bits per heavy atom. The van der Waals surface area contributed by atoms with Gasteiger partial charge in [0.1, 0.15) is 0 Å². The molecule has 0 N–H and O–H groups in total. The molecule has 0 heteroatoms. The molecule has 3 aliphatic carbocycles. The van der Waals surface area contributed by atoms with Gasteiger partial charge in [-0.25, -0.2) is 0 Å². The Bertz CT molecular complexity index is 323. The molecule has 15 heavy (non-hydrogen) atoms. The molecule has 0 nitrogen and oxygen atoms in total. The standard InChI is InChI=1S/C15H24/c1-10-7-8-15-9-12(10)14(3,4)13(15)6-5-11(15)2/h7,11-13H,5-6,8-9H2,1-4H3/t11-,12+,13-,15+/m1/s1. The molecular weight excluding hydrogens is 180 g/mol. The normalized spacial score (nSPS) is 51.5. The van der Waals surface area contributed by atoms with Gasteiger partial charge in [-0.05, 0) is 61.2 Å². The van der Waals surface area contributed by atoms with Gasteiger partial charge in [0.25, 0.3) is 0 Å². The molecular formula is C15H24. The van der Waals surface area contributed by atoms with Crippen molar-refractivity contribution in [2.24, 2.45) is 28.6 Å². The van der Waals surface area contributed by atoms with Gasteiger partial charge in [-0.1, -0.05) is 32.4 Å². The zero-order valence-electron chi connectivity index (χ0n) is 10.6. The average Bonchev–Trinajstić information content (AvgIpc) is 2.57. The Hall–Kier alpha value is -0.260. The first-order chi connectivity index (χ1) is 6.98. The third-order valence-corrected chi connectivity index (χ3v) is 6.30. The number of hydrogen-bond donors (Lipinski definition) is 0. The lowest BCUT2D eigenvalue weighted by Gasteiger charge is -2.36. The van der Waals surface area contributed by atoms with E-state index in [-0.39, 0.29) is 0 Å². The van der Waals surface area contributed by atoms with E-state index in [4.69, 9.17) is 0 Å². The van der Waals surface area contributed by atoms with Crippen LogP contribution in [0.3, 0.4) is 0 Å². The van der Waals surface area contributed by atoms with E-state index >= 15 is 0 Å². The summed E-state index contributed by atoms with van der Waals surface area (Å²) in [4.78, 5) is 0. The minimum absolute atomic E-state index is 0.571. The van der Waals surface area contributed by atoms with Crippen LogP contribution < -0.4 is 0 Å². The number of hydrogen-bond acceptors (Lipinski definition) is 0. The van der Waals surface area contributed by atoms with Gasteiger partial charge >= 0.3 is 0 Å². The van der Waals surface area contributed by atoms with Crippen molar-refractivity contribution in [3.63, 3.8) is 0 Å². The fraction of sp³-hybridized carbons (Fsp3) is 0.867. The predicted octanol–water partition coefficient (Wildman–Crippen LogP) is 4.42. The molecule has 2 saturated carbocycles. The summed E-state index contributed by atoms with van der Waals surface area (Å²) < 4.78 is 0. The van der Waals surface area contributed by atoms with Gasteiger partial charge in [-0.2, -0.15) is 0 Å². The monoisotopic (exact) mass is 204 g/mol. The van der Waals surface area contributed by atoms with Crippen molar-refractivity contribution in [1.29, 1.82) is 0 Å². The van der Waals surface area contributed by atoms with Crippen LogP contribution in [0.5, 0.6) is 0 Å². The maximum atomic E-state index is 2.57. The van der Waals surface area contributed by atoms with Gasteiger partial charge in [-0.15, -0.1) is 0 Å². The first-order valence-electron chi connectivity index (χ1n) is 6.65. The van der Waals surface area contributed by atoms with Gasteiger partial charge < -0.3 is 0 Å². The summed E-state index contributed by atoms with van der Waals surface area (Å²) in [5, 5.41) is 0. The Morgan fingerprint density at radius 3 is 2.73 bits per heavy atom. The van der Waals surface area contributed by atoms with Crippen molar-refractivity contribution in [3.05, 3.63) is 11.6 Å². The second-order valence-corrected chi connectivity index (χ2v) is 6.99. The summed E-state index contributed by atoms with van der Waals surface area (Å²) >= 11 is 0. The summed E-state index contributed by atoms with van der Waals surface area (Å²) in [6.45, 7) is 9.94. The smallest absolute Gasteiger partial charge is 0.0146 e. The van der Waals surface area contributed by atoms with Crippen LogP contribution in [0.25, 0.3) is 0 Å². The molecule has 3 rings (SSSR count). The van der Waals surface area contributed by atoms with E-state index in [1.807, 2.05) is 0 Å². The number of rotatable bonds is 0. The number of fused-ring (bicyclic) bond motifs is 1. The SMILES string of the molecule is CC1=CC[C@@]23C[C@@H]1C(C)(C)[C@H]2CC[C@H]3C. The van der Waals surface area contributed by atoms with Gasteiger partial charge in [-0.3, -0.25) is 0 Å². The van der Waals surface area contributed by atoms with E-state index in [1.165, 1.54) is 25.7 Å². The third kappa shape index (κ3) is 0.990. The fourth-order valence-corrected chi connectivity index (χ4v) is 5.35. The number of allylic oxidation sites excluding steroid dienone is 2. The van der Waals surface area contributed by atoms with Crippen LogP contribution in [0.4, 0.5) is 0 Å². The Kier molecular flexibility index (Phi) is 1.79. The Labute approximate surface area is 94.1 Å².